The Bertz CT molecular complexity index is 42.1. The number of rotatable bonds is 0. The third-order valence-corrected chi connectivity index (χ3v) is 0.149. The largest absolute Gasteiger partial charge is 0.369 e. The van der Waals surface area contributed by atoms with Crippen LogP contribution >= 0.6 is 0 Å². The molecule has 0 aromatic rings. The summed E-state index contributed by atoms with van der Waals surface area (Å²) in [6.07, 6.45) is 0. The summed E-state index contributed by atoms with van der Waals surface area (Å²) in [5, 5.41) is 2.86. The summed E-state index contributed by atoms with van der Waals surface area (Å²) in [7, 11) is 0. The van der Waals surface area contributed by atoms with Crippen molar-refractivity contribution in [3.8, 4) is 0 Å². The van der Waals surface area contributed by atoms with Crippen molar-refractivity contribution in [2.45, 2.75) is 0 Å². The van der Waals surface area contributed by atoms with E-state index in [0.29, 0.717) is 0 Å². The van der Waals surface area contributed by atoms with Gasteiger partial charge in [0.2, 0.25) is 5.96 Å². The highest BCUT2D eigenvalue weighted by molar-refractivity contribution is 5.75. The van der Waals surface area contributed by atoms with Gasteiger partial charge in [-0.2, -0.15) is 0 Å². The van der Waals surface area contributed by atoms with E-state index in [0.717, 1.165) is 0 Å². The zero-order valence-corrected chi connectivity index (χ0v) is 3.83. The van der Waals surface area contributed by atoms with Crippen LogP contribution in [0.25, 0.3) is 0 Å². The molecule has 10 N–H and O–H groups in total. The smallest absolute Gasteiger partial charge is 0.208 e. The van der Waals surface area contributed by atoms with Gasteiger partial charge in [-0.3, -0.25) is 11.7 Å². The minimum atomic E-state index is -0.0926. The van der Waals surface area contributed by atoms with Crippen LogP contribution < -0.4 is 29.0 Å². The number of nitrogens with zero attached hydrogens (tertiary/aromatic N) is 1. The molecule has 0 fully saturated rings. The Balaban J connectivity index is 0. The number of hydrogen-bond donors (Lipinski definition) is 5. The molecule has 0 aliphatic heterocycles. The van der Waals surface area contributed by atoms with Crippen LogP contribution in [0, 0.1) is 0 Å². The fraction of sp³-hybridized carbons (Fsp3) is 0. The van der Waals surface area contributed by atoms with Gasteiger partial charge in [-0.15, -0.1) is 5.10 Å². The van der Waals surface area contributed by atoms with Gasteiger partial charge in [-0.1, -0.05) is 0 Å². The lowest BCUT2D eigenvalue weighted by Gasteiger charge is -1.76. The van der Waals surface area contributed by atoms with Crippen molar-refractivity contribution >= 4 is 5.96 Å². The van der Waals surface area contributed by atoms with E-state index in [-0.39, 0.29) is 5.96 Å². The molecule has 0 aromatic carbocycles. The van der Waals surface area contributed by atoms with Gasteiger partial charge in [-0.25, -0.2) is 0 Å². The predicted octanol–water partition coefficient (Wildman–Crippen LogP) is -3.05. The minimum Gasteiger partial charge on any atom is -0.369 e. The van der Waals surface area contributed by atoms with Crippen LogP contribution in [0.5, 0.6) is 0 Å². The van der Waals surface area contributed by atoms with Gasteiger partial charge >= 0.3 is 0 Å². The molecular formula is CH10N6. The van der Waals surface area contributed by atoms with E-state index >= 15 is 0 Å². The second kappa shape index (κ2) is 8.89. The Morgan fingerprint density at radius 3 is 1.29 bits per heavy atom. The van der Waals surface area contributed by atoms with Crippen molar-refractivity contribution < 1.29 is 0 Å². The molecule has 0 aromatic heterocycles. The molecule has 6 heteroatoms. The molecule has 0 rings (SSSR count). The van der Waals surface area contributed by atoms with Crippen LogP contribution in [0.15, 0.2) is 5.10 Å². The molecule has 6 nitrogen and oxygen atoms in total. The van der Waals surface area contributed by atoms with Gasteiger partial charge < -0.3 is 17.3 Å². The van der Waals surface area contributed by atoms with Gasteiger partial charge in [0, 0.05) is 0 Å². The number of guanidine groups is 1. The lowest BCUT2D eigenvalue weighted by molar-refractivity contribution is 1.21. The van der Waals surface area contributed by atoms with E-state index in [1.165, 1.54) is 0 Å². The second-order valence-electron chi connectivity index (χ2n) is 0.554. The zero-order valence-electron chi connectivity index (χ0n) is 3.83. The second-order valence-corrected chi connectivity index (χ2v) is 0.554. The SMILES string of the molecule is NN.NN=C(N)N. The Kier molecular flexibility index (Phi) is 11.9. The average Bonchev–Trinajstić information content (AvgIpc) is 1.73. The lowest BCUT2D eigenvalue weighted by Crippen LogP contribution is -2.23. The Labute approximate surface area is 41.3 Å². The highest BCUT2D eigenvalue weighted by atomic mass is 15.2. The molecule has 0 unspecified atom stereocenters. The van der Waals surface area contributed by atoms with Crippen LogP contribution in [-0.2, 0) is 0 Å². The molecule has 0 bridgehead atoms. The van der Waals surface area contributed by atoms with E-state index in [1.54, 1.807) is 0 Å². The fourth-order valence-corrected chi connectivity index (χ4v) is 0. The molecule has 0 saturated carbocycles. The molecule has 0 aliphatic rings. The highest BCUT2D eigenvalue weighted by Crippen LogP contribution is 1.31. The molecule has 0 radical (unpaired) electrons. The van der Waals surface area contributed by atoms with Crippen LogP contribution in [0.1, 0.15) is 0 Å². The summed E-state index contributed by atoms with van der Waals surface area (Å²) in [6, 6.07) is 0. The third kappa shape index (κ3) is 45.5. The first-order chi connectivity index (χ1) is 3.27. The summed E-state index contributed by atoms with van der Waals surface area (Å²) < 4.78 is 0. The first kappa shape index (κ1) is 9.37. The lowest BCUT2D eigenvalue weighted by atomic mass is 11.1. The quantitative estimate of drug-likeness (QED) is 0.0964. The summed E-state index contributed by atoms with van der Waals surface area (Å²) in [5.41, 5.74) is 9.39. The zero-order chi connectivity index (χ0) is 6.28. The fourth-order valence-electron chi connectivity index (χ4n) is 0. The summed E-state index contributed by atoms with van der Waals surface area (Å²) >= 11 is 0. The van der Waals surface area contributed by atoms with Crippen molar-refractivity contribution in [2.24, 2.45) is 34.1 Å². The molecule has 0 heterocycles. The molecule has 0 aliphatic carbocycles. The molecule has 0 spiro atoms. The maximum atomic E-state index is 4.69. The molecular weight excluding hydrogens is 96.1 g/mol. The van der Waals surface area contributed by atoms with Crippen LogP contribution in [0.3, 0.4) is 0 Å². The van der Waals surface area contributed by atoms with Crippen LogP contribution in [-0.4, -0.2) is 5.96 Å². The molecule has 0 saturated heterocycles. The van der Waals surface area contributed by atoms with Gasteiger partial charge in [0.15, 0.2) is 0 Å². The van der Waals surface area contributed by atoms with Gasteiger partial charge in [0.05, 0.1) is 0 Å². The van der Waals surface area contributed by atoms with Crippen molar-refractivity contribution in [2.75, 3.05) is 0 Å². The van der Waals surface area contributed by atoms with Gasteiger partial charge in [0.25, 0.3) is 0 Å². The Morgan fingerprint density at radius 2 is 1.29 bits per heavy atom. The Hall–Kier alpha value is -1.01. The summed E-state index contributed by atoms with van der Waals surface area (Å²) in [4.78, 5) is 0. The topological polar surface area (TPSA) is 142 Å². The average molecular weight is 106 g/mol. The maximum absolute atomic E-state index is 4.69. The summed E-state index contributed by atoms with van der Waals surface area (Å²) in [5.74, 6) is 12.4. The van der Waals surface area contributed by atoms with E-state index in [2.05, 4.69) is 22.6 Å². The van der Waals surface area contributed by atoms with Crippen LogP contribution in [0.4, 0.5) is 0 Å². The first-order valence-corrected chi connectivity index (χ1v) is 1.39. The van der Waals surface area contributed by atoms with Crippen molar-refractivity contribution in [3.63, 3.8) is 0 Å². The minimum absolute atomic E-state index is 0.0926. The van der Waals surface area contributed by atoms with Crippen molar-refractivity contribution in [1.82, 2.24) is 0 Å². The number of hydrazone groups is 1. The monoisotopic (exact) mass is 106 g/mol. The summed E-state index contributed by atoms with van der Waals surface area (Å²) in [6.45, 7) is 0. The number of nitrogens with two attached hydrogens (primary N) is 5. The molecule has 44 valence electrons. The molecule has 0 amide bonds. The van der Waals surface area contributed by atoms with Gasteiger partial charge in [0.1, 0.15) is 0 Å². The number of hydrogen-bond acceptors (Lipinski definition) is 4. The molecule has 0 atom stereocenters. The van der Waals surface area contributed by atoms with E-state index in [1.807, 2.05) is 0 Å². The van der Waals surface area contributed by atoms with Gasteiger partial charge in [-0.05, 0) is 0 Å². The maximum Gasteiger partial charge on any atom is 0.208 e. The predicted molar refractivity (Wildman–Crippen MR) is 28.4 cm³/mol. The first-order valence-electron chi connectivity index (χ1n) is 1.39. The normalized spacial score (nSPS) is 5.43. The Morgan fingerprint density at radius 1 is 1.14 bits per heavy atom. The number of hydrazine groups is 1. The van der Waals surface area contributed by atoms with E-state index < -0.39 is 0 Å². The van der Waals surface area contributed by atoms with E-state index in [4.69, 9.17) is 11.5 Å². The van der Waals surface area contributed by atoms with Crippen molar-refractivity contribution in [1.29, 1.82) is 0 Å². The standard InChI is InChI=1S/CH6N4.H4N2/c2-1(3)5-4;1-2/h4H2,(H4,2,3,5);1-2H2. The highest BCUT2D eigenvalue weighted by Gasteiger charge is 1.62. The van der Waals surface area contributed by atoms with E-state index in [9.17, 15) is 0 Å². The molecule has 7 heavy (non-hydrogen) atoms. The van der Waals surface area contributed by atoms with Crippen LogP contribution in [0.2, 0.25) is 0 Å². The third-order valence-electron chi connectivity index (χ3n) is 0.149. The van der Waals surface area contributed by atoms with Crippen molar-refractivity contribution in [3.05, 3.63) is 0 Å².